The van der Waals surface area contributed by atoms with Gasteiger partial charge in [0.15, 0.2) is 0 Å². The van der Waals surface area contributed by atoms with Crippen molar-refractivity contribution in [3.05, 3.63) is 251 Å². The lowest BCUT2D eigenvalue weighted by Crippen LogP contribution is -2.61. The highest BCUT2D eigenvalue weighted by atomic mass is 16.3. The minimum atomic E-state index is -0.265. The van der Waals surface area contributed by atoms with Crippen LogP contribution in [0.5, 0.6) is 0 Å². The molecular formula is C81H76BN3O. The molecule has 10 aromatic carbocycles. The average molecular weight is 1120 g/mol. The molecule has 0 N–H and O–H groups in total. The maximum absolute atomic E-state index is 7.62. The topological polar surface area (TPSA) is 22.9 Å². The molecule has 11 aromatic rings. The number of hydrogen-bond acceptors (Lipinski definition) is 4. The van der Waals surface area contributed by atoms with Crippen LogP contribution in [0.2, 0.25) is 0 Å². The average Bonchev–Trinajstić information content (AvgIpc) is 1.31. The minimum Gasteiger partial charge on any atom is -0.468 e. The molecule has 2 aliphatic heterocycles. The summed E-state index contributed by atoms with van der Waals surface area (Å²) in [5.74, 6) is 0. The predicted molar refractivity (Wildman–Crippen MR) is 366 cm³/mol. The Labute approximate surface area is 509 Å². The summed E-state index contributed by atoms with van der Waals surface area (Å²) in [6.45, 7) is 25.1. The fourth-order valence-corrected chi connectivity index (χ4v) is 15.4. The molecule has 86 heavy (non-hydrogen) atoms. The van der Waals surface area contributed by atoms with Crippen LogP contribution in [0.4, 0.5) is 51.2 Å². The van der Waals surface area contributed by atoms with Crippen molar-refractivity contribution in [2.75, 3.05) is 14.7 Å². The zero-order chi connectivity index (χ0) is 59.2. The van der Waals surface area contributed by atoms with Crippen molar-refractivity contribution in [2.24, 2.45) is 0 Å². The van der Waals surface area contributed by atoms with Gasteiger partial charge in [0.2, 0.25) is 0 Å². The molecule has 0 radical (unpaired) electrons. The van der Waals surface area contributed by atoms with Gasteiger partial charge in [-0.05, 0) is 188 Å². The molecule has 0 bridgehead atoms. The van der Waals surface area contributed by atoms with Crippen LogP contribution in [0.1, 0.15) is 127 Å². The van der Waals surface area contributed by atoms with Gasteiger partial charge in [-0.3, -0.25) is 0 Å². The summed E-state index contributed by atoms with van der Waals surface area (Å²) in [6.07, 6.45) is 4.75. The fraction of sp³-hybridized carbons (Fsp3) is 0.235. The van der Waals surface area contributed by atoms with E-state index in [9.17, 15) is 0 Å². The van der Waals surface area contributed by atoms with Crippen LogP contribution in [0, 0.1) is 13.8 Å². The van der Waals surface area contributed by atoms with Crippen LogP contribution in [-0.4, -0.2) is 6.71 Å². The first-order valence-electron chi connectivity index (χ1n) is 31.3. The lowest BCUT2D eigenvalue weighted by molar-refractivity contribution is 0.550. The van der Waals surface area contributed by atoms with E-state index in [1.54, 1.807) is 0 Å². The Morgan fingerprint density at radius 3 is 1.72 bits per heavy atom. The van der Waals surface area contributed by atoms with Crippen LogP contribution < -0.4 is 31.3 Å². The number of rotatable bonds is 7. The van der Waals surface area contributed by atoms with Crippen molar-refractivity contribution >= 4 is 85.5 Å². The Morgan fingerprint density at radius 2 is 1.03 bits per heavy atom. The standard InChI is InChI=1S/C81H76BN3O/c1-51-23-21-24-52(2)73(51)54-47-70-75-71(48-54)85(68-32-22-30-65-74(68)62-28-15-17-29-64(62)81(65)45-19-20-46-81)69-50-60(83(58-38-33-55(34-39-58)78(3,4)5)67-31-18-16-27-61(67)53-25-13-12-14-26-53)42-43-66(69)82(75)77-76(63-49-57(80(9,10)11)37-44-72(63)86-77)84(70)59-40-35-56(36-41-59)79(6,7)8/h12-18,21-44,47-50H,19-20,45-46H2,1-11H3. The molecule has 5 heteroatoms. The van der Waals surface area contributed by atoms with E-state index in [0.29, 0.717) is 0 Å². The smallest absolute Gasteiger partial charge is 0.297 e. The van der Waals surface area contributed by atoms with E-state index in [2.05, 4.69) is 303 Å². The van der Waals surface area contributed by atoms with Crippen molar-refractivity contribution in [1.29, 1.82) is 0 Å². The summed E-state index contributed by atoms with van der Waals surface area (Å²) < 4.78 is 7.62. The Hall–Kier alpha value is -8.80. The maximum Gasteiger partial charge on any atom is 0.297 e. The van der Waals surface area contributed by atoms with Gasteiger partial charge in [0.25, 0.3) is 6.71 Å². The summed E-state index contributed by atoms with van der Waals surface area (Å²) in [7, 11) is 0. The lowest BCUT2D eigenvalue weighted by Gasteiger charge is -2.44. The molecule has 4 nitrogen and oxygen atoms in total. The number of benzene rings is 10. The van der Waals surface area contributed by atoms with E-state index in [4.69, 9.17) is 4.42 Å². The molecule has 1 spiro atoms. The van der Waals surface area contributed by atoms with Crippen molar-refractivity contribution in [3.63, 3.8) is 0 Å². The molecule has 15 rings (SSSR count). The monoisotopic (exact) mass is 1120 g/mol. The van der Waals surface area contributed by atoms with Crippen LogP contribution in [0.3, 0.4) is 0 Å². The Bertz CT molecular complexity index is 4480. The van der Waals surface area contributed by atoms with Gasteiger partial charge in [-0.25, -0.2) is 0 Å². The fourth-order valence-electron chi connectivity index (χ4n) is 15.4. The second kappa shape index (κ2) is 19.6. The number of furan rings is 1. The third kappa shape index (κ3) is 8.39. The van der Waals surface area contributed by atoms with Crippen LogP contribution in [-0.2, 0) is 21.7 Å². The summed E-state index contributed by atoms with van der Waals surface area (Å²) >= 11 is 0. The quantitative estimate of drug-likeness (QED) is 0.148. The number of anilines is 9. The van der Waals surface area contributed by atoms with Crippen molar-refractivity contribution in [3.8, 4) is 33.4 Å². The van der Waals surface area contributed by atoms with Gasteiger partial charge in [-0.1, -0.05) is 215 Å². The van der Waals surface area contributed by atoms with Crippen molar-refractivity contribution in [2.45, 2.75) is 124 Å². The lowest BCUT2D eigenvalue weighted by atomic mass is 9.35. The first kappa shape index (κ1) is 53.9. The van der Waals surface area contributed by atoms with E-state index < -0.39 is 0 Å². The number of hydrogen-bond donors (Lipinski definition) is 0. The van der Waals surface area contributed by atoms with Gasteiger partial charge >= 0.3 is 0 Å². The molecule has 3 heterocycles. The highest BCUT2D eigenvalue weighted by Crippen LogP contribution is 2.61. The summed E-state index contributed by atoms with van der Waals surface area (Å²) in [4.78, 5) is 7.78. The molecule has 1 saturated carbocycles. The number of para-hydroxylation sites is 1. The van der Waals surface area contributed by atoms with E-state index in [-0.39, 0.29) is 28.4 Å². The van der Waals surface area contributed by atoms with E-state index in [0.717, 1.165) is 69.3 Å². The van der Waals surface area contributed by atoms with Gasteiger partial charge in [-0.2, -0.15) is 0 Å². The molecule has 0 unspecified atom stereocenters. The normalized spacial score (nSPS) is 14.8. The number of aryl methyl sites for hydroxylation is 2. The third-order valence-corrected chi connectivity index (χ3v) is 19.7. The first-order valence-corrected chi connectivity index (χ1v) is 31.3. The Balaban J connectivity index is 1.08. The maximum atomic E-state index is 7.62. The zero-order valence-electron chi connectivity index (χ0n) is 51.9. The van der Waals surface area contributed by atoms with Gasteiger partial charge in [0.1, 0.15) is 5.58 Å². The zero-order valence-corrected chi connectivity index (χ0v) is 51.9. The van der Waals surface area contributed by atoms with Crippen molar-refractivity contribution < 1.29 is 4.42 Å². The number of nitrogens with zero attached hydrogens (tertiary/aromatic N) is 3. The predicted octanol–water partition coefficient (Wildman–Crippen LogP) is 20.7. The molecule has 424 valence electrons. The summed E-state index contributed by atoms with van der Waals surface area (Å²) in [5, 5.41) is 1.12. The van der Waals surface area contributed by atoms with Gasteiger partial charge in [0, 0.05) is 56.1 Å². The van der Waals surface area contributed by atoms with Gasteiger partial charge in [-0.15, -0.1) is 0 Å². The Kier molecular flexibility index (Phi) is 12.3. The molecule has 2 aliphatic carbocycles. The molecule has 1 aromatic heterocycles. The van der Waals surface area contributed by atoms with Crippen LogP contribution in [0.15, 0.2) is 217 Å². The molecule has 0 saturated heterocycles. The molecule has 1 fully saturated rings. The molecular weight excluding hydrogens is 1040 g/mol. The number of fused-ring (bicyclic) bond motifs is 11. The molecule has 4 aliphatic rings. The molecule has 0 atom stereocenters. The highest BCUT2D eigenvalue weighted by molar-refractivity contribution is 7.00. The van der Waals surface area contributed by atoms with Gasteiger partial charge in [0.05, 0.1) is 22.7 Å². The second-order valence-corrected chi connectivity index (χ2v) is 28.2. The summed E-state index contributed by atoms with van der Waals surface area (Å²) in [5.41, 5.74) is 31.1. The van der Waals surface area contributed by atoms with E-state index in [1.165, 1.54) is 107 Å². The Morgan fingerprint density at radius 1 is 0.453 bits per heavy atom. The minimum absolute atomic E-state index is 0.0134. The second-order valence-electron chi connectivity index (χ2n) is 28.2. The largest absolute Gasteiger partial charge is 0.468 e. The summed E-state index contributed by atoms with van der Waals surface area (Å²) in [6, 6.07) is 81.3. The van der Waals surface area contributed by atoms with Crippen LogP contribution >= 0.6 is 0 Å². The SMILES string of the molecule is Cc1cccc(C)c1-c1cc2c3c(c1)N(c1ccc(C(C)(C)C)cc1)c1c(oc4ccc(C(C)(C)C)cc14)B3c1ccc(N(c3ccc(C(C)(C)C)cc3)c3ccccc3-c3ccccc3)cc1N2c1cccc2c1-c1ccccc1C21CCCC1. The molecule has 0 amide bonds. The van der Waals surface area contributed by atoms with Crippen molar-refractivity contribution in [1.82, 2.24) is 0 Å². The van der Waals surface area contributed by atoms with E-state index in [1.807, 2.05) is 0 Å². The highest BCUT2D eigenvalue weighted by Gasteiger charge is 2.50. The van der Waals surface area contributed by atoms with Crippen LogP contribution in [0.25, 0.3) is 44.3 Å². The van der Waals surface area contributed by atoms with Gasteiger partial charge < -0.3 is 19.1 Å². The van der Waals surface area contributed by atoms with E-state index >= 15 is 0 Å². The third-order valence-electron chi connectivity index (χ3n) is 19.7. The first-order chi connectivity index (χ1) is 41.4.